The number of carbonyl (C=O) groups excluding carboxylic acids is 1. The first-order valence-corrected chi connectivity index (χ1v) is 8.92. The van der Waals surface area contributed by atoms with Gasteiger partial charge >= 0.3 is 0 Å². The van der Waals surface area contributed by atoms with E-state index in [2.05, 4.69) is 20.3 Å². The molecule has 140 valence electrons. The fraction of sp³-hybridized carbons (Fsp3) is 0.368. The molecule has 0 spiro atoms. The molecule has 0 radical (unpaired) electrons. The Bertz CT molecular complexity index is 944. The van der Waals surface area contributed by atoms with Crippen molar-refractivity contribution in [3.63, 3.8) is 0 Å². The molecule has 1 N–H and O–H groups in total. The van der Waals surface area contributed by atoms with Gasteiger partial charge in [-0.05, 0) is 31.0 Å². The van der Waals surface area contributed by atoms with Crippen molar-refractivity contribution < 1.29 is 14.1 Å². The Kier molecular flexibility index (Phi) is 4.62. The molecule has 8 heteroatoms. The Morgan fingerprint density at radius 2 is 2.22 bits per heavy atom. The summed E-state index contributed by atoms with van der Waals surface area (Å²) in [4.78, 5) is 18.6. The molecule has 1 fully saturated rings. The van der Waals surface area contributed by atoms with Gasteiger partial charge in [0, 0.05) is 31.5 Å². The van der Waals surface area contributed by atoms with Crippen LogP contribution in [0.2, 0.25) is 0 Å². The topological polar surface area (TPSA) is 97.1 Å². The van der Waals surface area contributed by atoms with E-state index >= 15 is 0 Å². The fourth-order valence-corrected chi connectivity index (χ4v) is 2.80. The molecule has 8 nitrogen and oxygen atoms in total. The van der Waals surface area contributed by atoms with Crippen LogP contribution in [-0.4, -0.2) is 51.8 Å². The number of aromatic nitrogens is 4. The summed E-state index contributed by atoms with van der Waals surface area (Å²) in [6.07, 6.45) is 2.79. The van der Waals surface area contributed by atoms with Gasteiger partial charge in [0.05, 0.1) is 12.8 Å². The Morgan fingerprint density at radius 1 is 1.37 bits per heavy atom. The monoisotopic (exact) mass is 367 g/mol. The van der Waals surface area contributed by atoms with Gasteiger partial charge in [0.1, 0.15) is 11.4 Å². The number of amides is 1. The van der Waals surface area contributed by atoms with E-state index < -0.39 is 0 Å². The zero-order valence-electron chi connectivity index (χ0n) is 15.3. The summed E-state index contributed by atoms with van der Waals surface area (Å²) in [6, 6.07) is 9.29. The van der Waals surface area contributed by atoms with Gasteiger partial charge in [0.15, 0.2) is 5.82 Å². The molecule has 1 aliphatic carbocycles. The average Bonchev–Trinajstić information content (AvgIpc) is 3.24. The van der Waals surface area contributed by atoms with Crippen molar-refractivity contribution in [2.45, 2.75) is 25.2 Å². The molecule has 27 heavy (non-hydrogen) atoms. The first kappa shape index (κ1) is 17.3. The van der Waals surface area contributed by atoms with E-state index in [1.807, 2.05) is 24.3 Å². The highest BCUT2D eigenvalue weighted by Gasteiger charge is 2.29. The van der Waals surface area contributed by atoms with Crippen LogP contribution in [0.3, 0.4) is 0 Å². The lowest BCUT2D eigenvalue weighted by molar-refractivity contribution is 0.0790. The van der Waals surface area contributed by atoms with Crippen molar-refractivity contribution >= 4 is 5.91 Å². The third-order valence-corrected chi connectivity index (χ3v) is 4.60. The molecule has 0 bridgehead atoms. The normalized spacial score (nSPS) is 13.6. The van der Waals surface area contributed by atoms with Crippen LogP contribution >= 0.6 is 0 Å². The quantitative estimate of drug-likeness (QED) is 0.689. The van der Waals surface area contributed by atoms with Gasteiger partial charge in [-0.3, -0.25) is 9.89 Å². The molecule has 1 amide bonds. The Balaban J connectivity index is 1.38. The number of nitrogens with one attached hydrogen (secondary N) is 1. The van der Waals surface area contributed by atoms with Crippen LogP contribution in [0.5, 0.6) is 5.75 Å². The van der Waals surface area contributed by atoms with Crippen molar-refractivity contribution in [3.05, 3.63) is 47.7 Å². The Morgan fingerprint density at radius 3 is 3.00 bits per heavy atom. The standard InChI is InChI=1S/C19H21N5O3/c1-24(9-8-17-20-18(27-23-17)12-6-7-12)19(25)16-11-15(21-22-16)13-4-3-5-14(10-13)26-2/h3-5,10-12H,6-9H2,1-2H3,(H,21,22). The number of carbonyl (C=O) groups is 1. The van der Waals surface area contributed by atoms with Crippen LogP contribution in [0.1, 0.15) is 41.0 Å². The number of benzene rings is 1. The van der Waals surface area contributed by atoms with Gasteiger partial charge in [0.25, 0.3) is 5.91 Å². The van der Waals surface area contributed by atoms with E-state index in [9.17, 15) is 4.79 Å². The minimum atomic E-state index is -0.137. The second-order valence-electron chi connectivity index (χ2n) is 6.70. The molecule has 0 aliphatic heterocycles. The zero-order valence-corrected chi connectivity index (χ0v) is 15.3. The highest BCUT2D eigenvalue weighted by molar-refractivity contribution is 5.93. The molecule has 2 heterocycles. The summed E-state index contributed by atoms with van der Waals surface area (Å²) in [5.74, 6) is 2.40. The maximum atomic E-state index is 12.6. The predicted molar refractivity (Wildman–Crippen MR) is 97.5 cm³/mol. The first-order valence-electron chi connectivity index (χ1n) is 8.92. The summed E-state index contributed by atoms with van der Waals surface area (Å²) in [6.45, 7) is 0.496. The number of nitrogens with zero attached hydrogens (tertiary/aromatic N) is 4. The van der Waals surface area contributed by atoms with E-state index in [4.69, 9.17) is 9.26 Å². The van der Waals surface area contributed by atoms with Crippen LogP contribution in [-0.2, 0) is 6.42 Å². The number of H-pyrrole nitrogens is 1. The lowest BCUT2D eigenvalue weighted by Gasteiger charge is -2.14. The van der Waals surface area contributed by atoms with Gasteiger partial charge in [-0.2, -0.15) is 10.1 Å². The minimum Gasteiger partial charge on any atom is -0.497 e. The van der Waals surface area contributed by atoms with Crippen molar-refractivity contribution in [1.82, 2.24) is 25.2 Å². The summed E-state index contributed by atoms with van der Waals surface area (Å²) in [7, 11) is 3.36. The third-order valence-electron chi connectivity index (χ3n) is 4.60. The molecule has 1 aliphatic rings. The number of methoxy groups -OCH3 is 1. The largest absolute Gasteiger partial charge is 0.497 e. The summed E-state index contributed by atoms with van der Waals surface area (Å²) in [5.41, 5.74) is 2.01. The van der Waals surface area contributed by atoms with Crippen molar-refractivity contribution in [1.29, 1.82) is 0 Å². The molecule has 3 aromatic rings. The zero-order chi connectivity index (χ0) is 18.8. The fourth-order valence-electron chi connectivity index (χ4n) is 2.80. The summed E-state index contributed by atoms with van der Waals surface area (Å²) >= 11 is 0. The number of rotatable bonds is 7. The number of likely N-dealkylation sites (N-methyl/N-ethyl adjacent to an activating group) is 1. The number of ether oxygens (including phenoxy) is 1. The van der Waals surface area contributed by atoms with E-state index in [1.165, 1.54) is 0 Å². The maximum absolute atomic E-state index is 12.6. The molecular formula is C19H21N5O3. The lowest BCUT2D eigenvalue weighted by atomic mass is 10.1. The molecular weight excluding hydrogens is 346 g/mol. The minimum absolute atomic E-state index is 0.137. The molecule has 4 rings (SSSR count). The predicted octanol–water partition coefficient (Wildman–Crippen LogP) is 2.66. The van der Waals surface area contributed by atoms with Crippen LogP contribution < -0.4 is 4.74 Å². The van der Waals surface area contributed by atoms with Crippen LogP contribution in [0.4, 0.5) is 0 Å². The Hall–Kier alpha value is -3.16. The van der Waals surface area contributed by atoms with Gasteiger partial charge in [-0.25, -0.2) is 0 Å². The maximum Gasteiger partial charge on any atom is 0.271 e. The van der Waals surface area contributed by atoms with E-state index in [1.54, 1.807) is 25.1 Å². The first-order chi connectivity index (χ1) is 13.1. The van der Waals surface area contributed by atoms with Crippen LogP contribution in [0, 0.1) is 0 Å². The van der Waals surface area contributed by atoms with Crippen molar-refractivity contribution in [2.24, 2.45) is 0 Å². The van der Waals surface area contributed by atoms with Gasteiger partial charge in [-0.15, -0.1) is 0 Å². The van der Waals surface area contributed by atoms with Gasteiger partial charge in [0.2, 0.25) is 5.89 Å². The van der Waals surface area contributed by atoms with E-state index in [-0.39, 0.29) is 5.91 Å². The second kappa shape index (κ2) is 7.22. The molecule has 2 aromatic heterocycles. The van der Waals surface area contributed by atoms with Crippen molar-refractivity contribution in [3.8, 4) is 17.0 Å². The van der Waals surface area contributed by atoms with Crippen LogP contribution in [0.25, 0.3) is 11.3 Å². The molecule has 0 atom stereocenters. The third kappa shape index (κ3) is 3.84. The highest BCUT2D eigenvalue weighted by Crippen LogP contribution is 2.38. The summed E-state index contributed by atoms with van der Waals surface area (Å²) < 4.78 is 10.5. The van der Waals surface area contributed by atoms with E-state index in [0.29, 0.717) is 36.1 Å². The molecule has 0 saturated heterocycles. The van der Waals surface area contributed by atoms with Crippen LogP contribution in [0.15, 0.2) is 34.9 Å². The molecule has 1 aromatic carbocycles. The SMILES string of the molecule is COc1cccc(-c2cc(C(=O)N(C)CCc3noc(C4CC4)n3)[nH]n2)c1. The van der Waals surface area contributed by atoms with Gasteiger partial charge in [-0.1, -0.05) is 17.3 Å². The second-order valence-corrected chi connectivity index (χ2v) is 6.70. The Labute approximate surface area is 156 Å². The van der Waals surface area contributed by atoms with Crippen molar-refractivity contribution in [2.75, 3.05) is 20.7 Å². The summed E-state index contributed by atoms with van der Waals surface area (Å²) in [5, 5.41) is 11.0. The smallest absolute Gasteiger partial charge is 0.271 e. The number of aromatic amines is 1. The lowest BCUT2D eigenvalue weighted by Crippen LogP contribution is -2.29. The average molecular weight is 367 g/mol. The number of hydrogen-bond acceptors (Lipinski definition) is 6. The van der Waals surface area contributed by atoms with E-state index in [0.717, 1.165) is 30.0 Å². The number of hydrogen-bond donors (Lipinski definition) is 1. The molecule has 1 saturated carbocycles. The molecule has 0 unspecified atom stereocenters. The highest BCUT2D eigenvalue weighted by atomic mass is 16.5. The van der Waals surface area contributed by atoms with Gasteiger partial charge < -0.3 is 14.2 Å².